The molecule has 2 aromatic rings. The van der Waals surface area contributed by atoms with Gasteiger partial charge < -0.3 is 19.6 Å². The van der Waals surface area contributed by atoms with Gasteiger partial charge in [-0.1, -0.05) is 45.0 Å². The molecule has 25 heavy (non-hydrogen) atoms. The summed E-state index contributed by atoms with van der Waals surface area (Å²) < 4.78 is 10.4. The lowest BCUT2D eigenvalue weighted by Crippen LogP contribution is -2.43. The van der Waals surface area contributed by atoms with Gasteiger partial charge in [0.25, 0.3) is 5.91 Å². The third-order valence-electron chi connectivity index (χ3n) is 3.80. The van der Waals surface area contributed by atoms with Crippen LogP contribution in [0.25, 0.3) is 11.3 Å². The van der Waals surface area contributed by atoms with Crippen LogP contribution in [0.1, 0.15) is 36.9 Å². The zero-order valence-electron chi connectivity index (χ0n) is 14.8. The molecule has 6 nitrogen and oxygen atoms in total. The number of benzene rings is 1. The molecule has 134 valence electrons. The van der Waals surface area contributed by atoms with Crippen LogP contribution in [0.4, 0.5) is 0 Å². The molecule has 1 heterocycles. The lowest BCUT2D eigenvalue weighted by atomic mass is 9.86. The van der Waals surface area contributed by atoms with Gasteiger partial charge in [0.05, 0.1) is 6.61 Å². The molecule has 0 radical (unpaired) electrons. The number of nitrogens with one attached hydrogen (secondary N) is 1. The van der Waals surface area contributed by atoms with E-state index in [1.807, 2.05) is 24.3 Å². The summed E-state index contributed by atoms with van der Waals surface area (Å²) in [5.74, 6) is -1.16. The third kappa shape index (κ3) is 4.70. The number of amides is 1. The highest BCUT2D eigenvalue weighted by atomic mass is 16.5. The molecule has 2 N–H and O–H groups in total. The molecular formula is C19H23NO5. The summed E-state index contributed by atoms with van der Waals surface area (Å²) in [6.45, 7) is 6.28. The molecule has 6 heteroatoms. The Balaban J connectivity index is 2.14. The van der Waals surface area contributed by atoms with E-state index in [9.17, 15) is 9.59 Å². The summed E-state index contributed by atoms with van der Waals surface area (Å²) in [4.78, 5) is 23.2. The van der Waals surface area contributed by atoms with E-state index in [-0.39, 0.29) is 17.8 Å². The molecule has 1 atom stereocenters. The van der Waals surface area contributed by atoms with E-state index in [4.69, 9.17) is 14.3 Å². The molecule has 2 rings (SSSR count). The highest BCUT2D eigenvalue weighted by Crippen LogP contribution is 2.27. The Morgan fingerprint density at radius 1 is 1.16 bits per heavy atom. The second-order valence-electron chi connectivity index (χ2n) is 6.81. The van der Waals surface area contributed by atoms with E-state index >= 15 is 0 Å². The van der Waals surface area contributed by atoms with Gasteiger partial charge in [-0.2, -0.15) is 0 Å². The topological polar surface area (TPSA) is 88.8 Å². The maximum Gasteiger partial charge on any atom is 0.328 e. The summed E-state index contributed by atoms with van der Waals surface area (Å²) in [6.07, 6.45) is 0. The monoisotopic (exact) mass is 345 g/mol. The van der Waals surface area contributed by atoms with Crippen LogP contribution < -0.4 is 5.32 Å². The lowest BCUT2D eigenvalue weighted by molar-refractivity contribution is -0.140. The van der Waals surface area contributed by atoms with E-state index in [0.29, 0.717) is 5.76 Å². The van der Waals surface area contributed by atoms with E-state index in [2.05, 4.69) is 26.1 Å². The van der Waals surface area contributed by atoms with Crippen molar-refractivity contribution in [2.75, 3.05) is 13.7 Å². The molecule has 0 aliphatic rings. The molecule has 1 amide bonds. The number of furan rings is 1. The van der Waals surface area contributed by atoms with Crippen LogP contribution in [0, 0.1) is 0 Å². The molecule has 0 fully saturated rings. The van der Waals surface area contributed by atoms with E-state index < -0.39 is 17.9 Å². The van der Waals surface area contributed by atoms with Gasteiger partial charge in [0.1, 0.15) is 5.76 Å². The minimum Gasteiger partial charge on any atom is -0.480 e. The van der Waals surface area contributed by atoms with Crippen LogP contribution in [0.3, 0.4) is 0 Å². The van der Waals surface area contributed by atoms with Gasteiger partial charge in [0, 0.05) is 12.7 Å². The molecule has 0 aliphatic carbocycles. The number of carboxylic acids is 1. The average molecular weight is 345 g/mol. The first-order valence-corrected chi connectivity index (χ1v) is 7.95. The van der Waals surface area contributed by atoms with E-state index in [1.165, 1.54) is 18.7 Å². The standard InChI is InChI=1S/C19H23NO5/c1-19(2,3)13-7-5-12(6-8-13)15-9-10-16(25-15)17(21)20-14(11-24-4)18(22)23/h5-10,14H,11H2,1-4H3,(H,20,21)(H,22,23). The number of hydrogen-bond acceptors (Lipinski definition) is 4. The SMILES string of the molecule is COCC(NC(=O)c1ccc(-c2ccc(C(C)(C)C)cc2)o1)C(=O)O. The summed E-state index contributed by atoms with van der Waals surface area (Å²) >= 11 is 0. The predicted molar refractivity (Wildman–Crippen MR) is 93.6 cm³/mol. The van der Waals surface area contributed by atoms with Crippen LogP contribution in [-0.4, -0.2) is 36.7 Å². The Hall–Kier alpha value is -2.60. The molecule has 0 spiro atoms. The summed E-state index contributed by atoms with van der Waals surface area (Å²) in [5, 5.41) is 11.4. The number of methoxy groups -OCH3 is 1. The first kappa shape index (κ1) is 18.7. The number of carbonyl (C=O) groups excluding carboxylic acids is 1. The van der Waals surface area contributed by atoms with Crippen molar-refractivity contribution in [3.63, 3.8) is 0 Å². The highest BCUT2D eigenvalue weighted by Gasteiger charge is 2.22. The number of carbonyl (C=O) groups is 2. The third-order valence-corrected chi connectivity index (χ3v) is 3.80. The van der Waals surface area contributed by atoms with Crippen molar-refractivity contribution < 1.29 is 23.8 Å². The second kappa shape index (κ2) is 7.53. The summed E-state index contributed by atoms with van der Waals surface area (Å²) in [5.41, 5.74) is 2.10. The first-order valence-electron chi connectivity index (χ1n) is 7.95. The van der Waals surface area contributed by atoms with Crippen molar-refractivity contribution in [1.82, 2.24) is 5.32 Å². The maximum absolute atomic E-state index is 12.1. The second-order valence-corrected chi connectivity index (χ2v) is 6.81. The van der Waals surface area contributed by atoms with E-state index in [0.717, 1.165) is 5.56 Å². The quantitative estimate of drug-likeness (QED) is 0.840. The Morgan fingerprint density at radius 2 is 1.80 bits per heavy atom. The molecule has 1 aromatic carbocycles. The van der Waals surface area contributed by atoms with Gasteiger partial charge in [0.2, 0.25) is 0 Å². The molecule has 0 aliphatic heterocycles. The molecule has 0 saturated heterocycles. The van der Waals surface area contributed by atoms with Crippen LogP contribution >= 0.6 is 0 Å². The van der Waals surface area contributed by atoms with E-state index in [1.54, 1.807) is 6.07 Å². The Labute approximate surface area is 146 Å². The first-order chi connectivity index (χ1) is 11.7. The minimum absolute atomic E-state index is 0.0530. The van der Waals surface area contributed by atoms with Crippen LogP contribution in [0.2, 0.25) is 0 Å². The van der Waals surface area contributed by atoms with Crippen molar-refractivity contribution in [3.8, 4) is 11.3 Å². The molecule has 1 aromatic heterocycles. The van der Waals surface area contributed by atoms with Crippen molar-refractivity contribution in [1.29, 1.82) is 0 Å². The van der Waals surface area contributed by atoms with Crippen molar-refractivity contribution in [2.45, 2.75) is 32.2 Å². The van der Waals surface area contributed by atoms with Crippen LogP contribution in [0.15, 0.2) is 40.8 Å². The summed E-state index contributed by atoms with van der Waals surface area (Å²) in [7, 11) is 1.37. The van der Waals surface area contributed by atoms with Gasteiger partial charge in [-0.3, -0.25) is 4.79 Å². The van der Waals surface area contributed by atoms with Crippen molar-refractivity contribution >= 4 is 11.9 Å². The van der Waals surface area contributed by atoms with Gasteiger partial charge in [-0.25, -0.2) is 4.79 Å². The predicted octanol–water partition coefficient (Wildman–Crippen LogP) is 3.07. The number of aliphatic carboxylic acids is 1. The highest BCUT2D eigenvalue weighted by molar-refractivity contribution is 5.94. The molecular weight excluding hydrogens is 322 g/mol. The lowest BCUT2D eigenvalue weighted by Gasteiger charge is -2.18. The number of hydrogen-bond donors (Lipinski definition) is 2. The molecule has 0 saturated carbocycles. The van der Waals surface area contributed by atoms with Crippen molar-refractivity contribution in [3.05, 3.63) is 47.7 Å². The smallest absolute Gasteiger partial charge is 0.328 e. The zero-order chi connectivity index (χ0) is 18.6. The fourth-order valence-electron chi connectivity index (χ4n) is 2.32. The van der Waals surface area contributed by atoms with Gasteiger partial charge in [0.15, 0.2) is 11.8 Å². The summed E-state index contributed by atoms with van der Waals surface area (Å²) in [6, 6.07) is 10.0. The normalized spacial score (nSPS) is 12.6. The Kier molecular flexibility index (Phi) is 5.64. The zero-order valence-corrected chi connectivity index (χ0v) is 14.8. The minimum atomic E-state index is -1.17. The number of carboxylic acid groups (broad SMARTS) is 1. The molecule has 0 bridgehead atoms. The van der Waals surface area contributed by atoms with Gasteiger partial charge in [-0.15, -0.1) is 0 Å². The van der Waals surface area contributed by atoms with Crippen LogP contribution in [-0.2, 0) is 14.9 Å². The Morgan fingerprint density at radius 3 is 2.32 bits per heavy atom. The largest absolute Gasteiger partial charge is 0.480 e. The average Bonchev–Trinajstić information content (AvgIpc) is 3.03. The fourth-order valence-corrected chi connectivity index (χ4v) is 2.32. The number of rotatable bonds is 6. The number of ether oxygens (including phenoxy) is 1. The van der Waals surface area contributed by atoms with Gasteiger partial charge in [-0.05, 0) is 23.1 Å². The van der Waals surface area contributed by atoms with Crippen LogP contribution in [0.5, 0.6) is 0 Å². The fraction of sp³-hybridized carbons (Fsp3) is 0.368. The Bertz CT molecular complexity index is 740. The van der Waals surface area contributed by atoms with Crippen molar-refractivity contribution in [2.24, 2.45) is 0 Å². The van der Waals surface area contributed by atoms with Gasteiger partial charge >= 0.3 is 5.97 Å². The maximum atomic E-state index is 12.1. The molecule has 1 unspecified atom stereocenters.